The maximum Gasteiger partial charge on any atom is 0.0547 e. The number of fused-ring (bicyclic) bond motifs is 17. The summed E-state index contributed by atoms with van der Waals surface area (Å²) in [6, 6.07) is 75.3. The van der Waals surface area contributed by atoms with Crippen LogP contribution in [0.3, 0.4) is 0 Å². The van der Waals surface area contributed by atoms with E-state index in [1.165, 1.54) is 135 Å². The minimum Gasteiger partial charge on any atom is -0.309 e. The molecule has 1 aliphatic carbocycles. The Bertz CT molecular complexity index is 4110. The van der Waals surface area contributed by atoms with Crippen molar-refractivity contribution in [3.05, 3.63) is 211 Å². The summed E-state index contributed by atoms with van der Waals surface area (Å²) in [5.74, 6) is 0. The second-order valence-corrected chi connectivity index (χ2v) is 19.1. The molecule has 2 heteroatoms. The van der Waals surface area contributed by atoms with Gasteiger partial charge in [0, 0.05) is 42.0 Å². The minimum atomic E-state index is -0.212. The number of hydrogen-bond donors (Lipinski definition) is 0. The van der Waals surface area contributed by atoms with E-state index in [4.69, 9.17) is 0 Å². The molecule has 1 nitrogen and oxygen atoms in total. The van der Waals surface area contributed by atoms with E-state index in [1.54, 1.807) is 0 Å². The van der Waals surface area contributed by atoms with Gasteiger partial charge in [0.05, 0.1) is 11.0 Å². The molecule has 13 aromatic rings. The second kappa shape index (κ2) is 12.8. The molecule has 2 aromatic heterocycles. The molecule has 11 aromatic carbocycles. The molecule has 0 N–H and O–H groups in total. The van der Waals surface area contributed by atoms with Crippen LogP contribution in [0.25, 0.3) is 124 Å². The highest BCUT2D eigenvalue weighted by molar-refractivity contribution is 7.26. The maximum absolute atomic E-state index is 2.54. The standard InChI is InChI=1S/C61H39NS/c1-61(2)54-34-53-49(44-21-9-8-20-43(44)47-29-26-36-14-6-7-19-41(36)59(47)53)32-50(54)51-33-52-45-28-27-38(31-56(45)62(57(52)35-55(51)61)40-17-4-3-5-18-40)37-15-12-16-39(30-37)42-23-13-24-48-46-22-10-11-25-58(46)63-60(42)48/h3-35H,1-2H3. The van der Waals surface area contributed by atoms with Crippen molar-refractivity contribution in [2.75, 3.05) is 0 Å². The van der Waals surface area contributed by atoms with Crippen molar-refractivity contribution in [1.82, 2.24) is 4.57 Å². The summed E-state index contributed by atoms with van der Waals surface area (Å²) in [4.78, 5) is 0. The van der Waals surface area contributed by atoms with Crippen molar-refractivity contribution in [3.8, 4) is 39.1 Å². The van der Waals surface area contributed by atoms with E-state index < -0.39 is 0 Å². The van der Waals surface area contributed by atoms with Crippen LogP contribution >= 0.6 is 11.3 Å². The normalized spacial score (nSPS) is 13.4. The molecule has 0 saturated carbocycles. The number of hydrogen-bond acceptors (Lipinski definition) is 1. The van der Waals surface area contributed by atoms with Crippen molar-refractivity contribution < 1.29 is 0 Å². The van der Waals surface area contributed by atoms with Crippen LogP contribution < -0.4 is 0 Å². The van der Waals surface area contributed by atoms with E-state index in [0.717, 1.165) is 0 Å². The van der Waals surface area contributed by atoms with Crippen molar-refractivity contribution in [2.45, 2.75) is 19.3 Å². The third kappa shape index (κ3) is 4.87. The maximum atomic E-state index is 2.54. The van der Waals surface area contributed by atoms with Gasteiger partial charge in [0.25, 0.3) is 0 Å². The zero-order valence-electron chi connectivity index (χ0n) is 34.9. The van der Waals surface area contributed by atoms with Crippen LogP contribution in [0.4, 0.5) is 0 Å². The number of para-hydroxylation sites is 1. The van der Waals surface area contributed by atoms with Gasteiger partial charge in [0.1, 0.15) is 0 Å². The Labute approximate surface area is 368 Å². The Morgan fingerprint density at radius 1 is 0.365 bits per heavy atom. The van der Waals surface area contributed by atoms with Crippen LogP contribution in [-0.4, -0.2) is 4.57 Å². The molecule has 0 saturated heterocycles. The molecule has 0 aliphatic heterocycles. The first-order valence-corrected chi connectivity index (χ1v) is 22.8. The third-order valence-electron chi connectivity index (χ3n) is 14.3. The Kier molecular flexibility index (Phi) is 7.12. The summed E-state index contributed by atoms with van der Waals surface area (Å²) < 4.78 is 5.17. The minimum absolute atomic E-state index is 0.212. The molecule has 0 radical (unpaired) electrons. The molecule has 0 atom stereocenters. The van der Waals surface area contributed by atoms with Crippen LogP contribution in [0.1, 0.15) is 25.0 Å². The van der Waals surface area contributed by atoms with E-state index in [0.29, 0.717) is 0 Å². The molecule has 63 heavy (non-hydrogen) atoms. The Balaban J connectivity index is 0.991. The summed E-state index contributed by atoms with van der Waals surface area (Å²) in [5, 5.41) is 15.7. The Hall–Kier alpha value is -7.52. The van der Waals surface area contributed by atoms with Crippen molar-refractivity contribution in [1.29, 1.82) is 0 Å². The smallest absolute Gasteiger partial charge is 0.0547 e. The number of thiophene rings is 1. The zero-order valence-corrected chi connectivity index (χ0v) is 35.7. The van der Waals surface area contributed by atoms with Gasteiger partial charge in [0.2, 0.25) is 0 Å². The molecule has 0 amide bonds. The summed E-state index contributed by atoms with van der Waals surface area (Å²) >= 11 is 1.89. The van der Waals surface area contributed by atoms with Crippen molar-refractivity contribution >= 4 is 96.4 Å². The fraction of sp³-hybridized carbons (Fsp3) is 0.0492. The number of benzene rings is 11. The second-order valence-electron chi connectivity index (χ2n) is 18.0. The molecule has 0 fully saturated rings. The molecule has 0 unspecified atom stereocenters. The lowest BCUT2D eigenvalue weighted by atomic mass is 9.80. The van der Waals surface area contributed by atoms with E-state index in [-0.39, 0.29) is 5.41 Å². The predicted molar refractivity (Wildman–Crippen MR) is 272 cm³/mol. The Morgan fingerprint density at radius 2 is 1.00 bits per heavy atom. The lowest BCUT2D eigenvalue weighted by molar-refractivity contribution is 0.662. The van der Waals surface area contributed by atoms with Gasteiger partial charge >= 0.3 is 0 Å². The lowest BCUT2D eigenvalue weighted by Gasteiger charge is -2.23. The highest BCUT2D eigenvalue weighted by Crippen LogP contribution is 2.54. The predicted octanol–water partition coefficient (Wildman–Crippen LogP) is 17.4. The monoisotopic (exact) mass is 817 g/mol. The number of aromatic nitrogens is 1. The van der Waals surface area contributed by atoms with Crippen LogP contribution in [0, 0.1) is 0 Å². The fourth-order valence-corrected chi connectivity index (χ4v) is 12.6. The van der Waals surface area contributed by atoms with Crippen LogP contribution in [0.5, 0.6) is 0 Å². The first-order chi connectivity index (χ1) is 31.0. The largest absolute Gasteiger partial charge is 0.309 e. The molecular formula is C61H39NS. The van der Waals surface area contributed by atoms with Crippen molar-refractivity contribution in [3.63, 3.8) is 0 Å². The average Bonchev–Trinajstić information content (AvgIpc) is 3.95. The van der Waals surface area contributed by atoms with Gasteiger partial charge in [-0.1, -0.05) is 159 Å². The first kappa shape index (κ1) is 35.1. The summed E-state index contributed by atoms with van der Waals surface area (Å²) in [6.45, 7) is 4.85. The average molecular weight is 818 g/mol. The van der Waals surface area contributed by atoms with E-state index >= 15 is 0 Å². The third-order valence-corrected chi connectivity index (χ3v) is 15.6. The SMILES string of the molecule is CC1(C)c2cc3c(cc2-c2cc4c5ccc(-c6cccc(-c7cccc8c7sc7ccccc78)c6)cc5n(-c5ccccc5)c4cc21)c1ccccc1c1ccc2ccccc2c13. The first-order valence-electron chi connectivity index (χ1n) is 22.0. The molecule has 0 spiro atoms. The molecule has 2 heterocycles. The van der Waals surface area contributed by atoms with Gasteiger partial charge < -0.3 is 4.57 Å². The number of rotatable bonds is 3. The highest BCUT2D eigenvalue weighted by Gasteiger charge is 2.37. The molecule has 1 aliphatic rings. The molecule has 14 rings (SSSR count). The van der Waals surface area contributed by atoms with Crippen LogP contribution in [0.15, 0.2) is 200 Å². The molecular weight excluding hydrogens is 779 g/mol. The van der Waals surface area contributed by atoms with Gasteiger partial charge in [0.15, 0.2) is 0 Å². The molecule has 294 valence electrons. The number of nitrogens with zero attached hydrogens (tertiary/aromatic N) is 1. The van der Waals surface area contributed by atoms with Crippen LogP contribution in [-0.2, 0) is 5.41 Å². The van der Waals surface area contributed by atoms with Gasteiger partial charge in [-0.05, 0) is 142 Å². The van der Waals surface area contributed by atoms with Gasteiger partial charge in [-0.15, -0.1) is 11.3 Å². The Morgan fingerprint density at radius 3 is 1.86 bits per heavy atom. The van der Waals surface area contributed by atoms with Crippen molar-refractivity contribution in [2.24, 2.45) is 0 Å². The zero-order chi connectivity index (χ0) is 41.6. The molecule has 0 bridgehead atoms. The lowest BCUT2D eigenvalue weighted by Crippen LogP contribution is -2.15. The van der Waals surface area contributed by atoms with E-state index in [2.05, 4.69) is 219 Å². The van der Waals surface area contributed by atoms with E-state index in [9.17, 15) is 0 Å². The quantitative estimate of drug-likeness (QED) is 0.157. The van der Waals surface area contributed by atoms with Gasteiger partial charge in [-0.2, -0.15) is 0 Å². The fourth-order valence-electron chi connectivity index (χ4n) is 11.3. The summed E-state index contributed by atoms with van der Waals surface area (Å²) in [6.07, 6.45) is 0. The van der Waals surface area contributed by atoms with E-state index in [1.807, 2.05) is 11.3 Å². The summed E-state index contributed by atoms with van der Waals surface area (Å²) in [7, 11) is 0. The van der Waals surface area contributed by atoms with Gasteiger partial charge in [-0.25, -0.2) is 0 Å². The summed E-state index contributed by atoms with van der Waals surface area (Å²) in [5.41, 5.74) is 13.8. The van der Waals surface area contributed by atoms with Gasteiger partial charge in [-0.3, -0.25) is 0 Å². The topological polar surface area (TPSA) is 4.93 Å². The highest BCUT2D eigenvalue weighted by atomic mass is 32.1. The van der Waals surface area contributed by atoms with Crippen LogP contribution in [0.2, 0.25) is 0 Å².